The summed E-state index contributed by atoms with van der Waals surface area (Å²) < 4.78 is 33.6. The molecule has 3 fully saturated rings. The molecule has 9 nitrogen and oxygen atoms in total. The number of rotatable bonds is 10. The van der Waals surface area contributed by atoms with E-state index in [-0.39, 0.29) is 30.2 Å². The maximum absolute atomic E-state index is 13.2. The number of piperidine rings is 2. The smallest absolute Gasteiger partial charge is 0.360 e. The van der Waals surface area contributed by atoms with E-state index in [4.69, 9.17) is 15.3 Å². The third kappa shape index (κ3) is 8.49. The molecule has 0 aromatic heterocycles. The largest absolute Gasteiger partial charge is 0.383 e. The van der Waals surface area contributed by atoms with Crippen molar-refractivity contribution in [3.63, 3.8) is 0 Å². The summed E-state index contributed by atoms with van der Waals surface area (Å²) in [6.45, 7) is 2.96. The van der Waals surface area contributed by atoms with E-state index in [2.05, 4.69) is 22.2 Å². The van der Waals surface area contributed by atoms with Crippen LogP contribution < -0.4 is 5.73 Å². The average molecular weight is 535 g/mol. The Morgan fingerprint density at radius 2 is 1.65 bits per heavy atom. The Morgan fingerprint density at radius 3 is 2.38 bits per heavy atom. The summed E-state index contributed by atoms with van der Waals surface area (Å²) in [6.07, 6.45) is 9.23. The summed E-state index contributed by atoms with van der Waals surface area (Å²) in [6, 6.07) is 9.81. The summed E-state index contributed by atoms with van der Waals surface area (Å²) in [5, 5.41) is 3.83. The van der Waals surface area contributed by atoms with Gasteiger partial charge in [0.25, 0.3) is 0 Å². The Morgan fingerprint density at radius 1 is 0.946 bits per heavy atom. The van der Waals surface area contributed by atoms with Crippen LogP contribution in [0.5, 0.6) is 0 Å². The number of carbonyl (C=O) groups is 1. The number of carbonyl (C=O) groups excluding carboxylic acids is 1. The van der Waals surface area contributed by atoms with Gasteiger partial charge in [0.2, 0.25) is 10.0 Å². The maximum atomic E-state index is 13.2. The molecule has 3 aliphatic rings. The van der Waals surface area contributed by atoms with Crippen LogP contribution in [0.1, 0.15) is 69.8 Å². The lowest BCUT2D eigenvalue weighted by atomic mass is 9.91. The molecule has 1 aromatic carbocycles. The lowest BCUT2D eigenvalue weighted by molar-refractivity contribution is -0.152. The number of nitrogens with two attached hydrogens (primary N) is 1. The Balaban J connectivity index is 1.21. The molecule has 10 heteroatoms. The fourth-order valence-electron chi connectivity index (χ4n) is 5.73. The van der Waals surface area contributed by atoms with Gasteiger partial charge >= 0.3 is 5.97 Å². The minimum absolute atomic E-state index is 0.000309. The molecule has 206 valence electrons. The summed E-state index contributed by atoms with van der Waals surface area (Å²) in [4.78, 5) is 19.7. The second-order valence-corrected chi connectivity index (χ2v) is 12.6. The molecule has 0 spiro atoms. The van der Waals surface area contributed by atoms with Crippen LogP contribution in [0.2, 0.25) is 0 Å². The number of oxime groups is 1. The number of sulfonamides is 1. The first-order chi connectivity index (χ1) is 17.9. The molecule has 37 heavy (non-hydrogen) atoms. The van der Waals surface area contributed by atoms with Gasteiger partial charge in [-0.15, -0.1) is 0 Å². The van der Waals surface area contributed by atoms with Gasteiger partial charge < -0.3 is 15.3 Å². The predicted octanol–water partition coefficient (Wildman–Crippen LogP) is 3.25. The van der Waals surface area contributed by atoms with E-state index >= 15 is 0 Å². The minimum Gasteiger partial charge on any atom is -0.383 e. The van der Waals surface area contributed by atoms with Crippen molar-refractivity contribution in [1.82, 2.24) is 9.21 Å². The van der Waals surface area contributed by atoms with Gasteiger partial charge in [0, 0.05) is 26.2 Å². The van der Waals surface area contributed by atoms with Crippen molar-refractivity contribution < 1.29 is 22.8 Å². The van der Waals surface area contributed by atoms with Crippen molar-refractivity contribution in [2.24, 2.45) is 16.8 Å². The van der Waals surface area contributed by atoms with Crippen LogP contribution in [0.3, 0.4) is 0 Å². The molecule has 1 aromatic rings. The highest BCUT2D eigenvalue weighted by Gasteiger charge is 2.36. The van der Waals surface area contributed by atoms with Crippen LogP contribution in [0.25, 0.3) is 0 Å². The fraction of sp³-hybridized carbons (Fsp3) is 0.704. The molecule has 2 heterocycles. The number of benzene rings is 1. The molecule has 1 saturated carbocycles. The maximum Gasteiger partial charge on any atom is 0.360 e. The molecule has 1 atom stereocenters. The second-order valence-electron chi connectivity index (χ2n) is 10.7. The number of hydrogen-bond acceptors (Lipinski definition) is 7. The van der Waals surface area contributed by atoms with Crippen molar-refractivity contribution in [2.75, 3.05) is 32.0 Å². The number of likely N-dealkylation sites (tertiary alicyclic amines) is 1. The second kappa shape index (κ2) is 13.7. The van der Waals surface area contributed by atoms with E-state index in [9.17, 15) is 13.2 Å². The number of nitrogens with zero attached hydrogens (tertiary/aromatic N) is 3. The van der Waals surface area contributed by atoms with Crippen LogP contribution in [0, 0.1) is 5.92 Å². The van der Waals surface area contributed by atoms with Gasteiger partial charge in [-0.3, -0.25) is 4.90 Å². The van der Waals surface area contributed by atoms with E-state index in [0.717, 1.165) is 71.0 Å². The van der Waals surface area contributed by atoms with E-state index < -0.39 is 22.0 Å². The third-order valence-corrected chi connectivity index (χ3v) is 9.84. The van der Waals surface area contributed by atoms with Crippen LogP contribution in [0.4, 0.5) is 0 Å². The minimum atomic E-state index is -3.46. The van der Waals surface area contributed by atoms with E-state index in [1.807, 2.05) is 18.2 Å². The van der Waals surface area contributed by atoms with Crippen molar-refractivity contribution in [3.05, 3.63) is 35.9 Å². The average Bonchev–Trinajstić information content (AvgIpc) is 2.92. The first-order valence-electron chi connectivity index (χ1n) is 13.8. The van der Waals surface area contributed by atoms with Gasteiger partial charge in [-0.05, 0) is 50.0 Å². The van der Waals surface area contributed by atoms with Gasteiger partial charge in [0.1, 0.15) is 6.61 Å². The Hall–Kier alpha value is -2.01. The Bertz CT molecular complexity index is 989. The van der Waals surface area contributed by atoms with Gasteiger partial charge in [-0.25, -0.2) is 13.2 Å². The molecule has 0 radical (unpaired) electrons. The highest BCUT2D eigenvalue weighted by Crippen LogP contribution is 2.28. The van der Waals surface area contributed by atoms with E-state index in [0.29, 0.717) is 13.0 Å². The number of ether oxygens (including phenoxy) is 1. The molecule has 4 rings (SSSR count). The highest BCUT2D eigenvalue weighted by atomic mass is 32.2. The first-order valence-corrected chi connectivity index (χ1v) is 15.4. The molecule has 0 bridgehead atoms. The van der Waals surface area contributed by atoms with Crippen LogP contribution >= 0.6 is 0 Å². The Kier molecular flexibility index (Phi) is 10.4. The fourth-order valence-corrected chi connectivity index (χ4v) is 7.86. The molecule has 2 saturated heterocycles. The standard InChI is InChI=1S/C27H42N4O5S/c28-27(25-13-7-8-16-31(25)37(33,34)21-23-11-5-2-6-12-23)29-36-26(32)20-35-24-14-17-30(18-15-24)19-22-9-3-1-4-10-22/h1,3-4,9-10,23-25H,2,5-8,11-21H2,(H2,28,29)/t25-/m0/s1. The lowest BCUT2D eigenvalue weighted by Crippen LogP contribution is -2.51. The molecule has 0 unspecified atom stereocenters. The quantitative estimate of drug-likeness (QED) is 0.212. The Labute approximate surface area is 221 Å². The lowest BCUT2D eigenvalue weighted by Gasteiger charge is -2.35. The first kappa shape index (κ1) is 28.0. The predicted molar refractivity (Wildman–Crippen MR) is 143 cm³/mol. The molecule has 2 N–H and O–H groups in total. The summed E-state index contributed by atoms with van der Waals surface area (Å²) >= 11 is 0. The van der Waals surface area contributed by atoms with Crippen molar-refractivity contribution in [3.8, 4) is 0 Å². The van der Waals surface area contributed by atoms with Gasteiger partial charge in [-0.2, -0.15) is 4.31 Å². The zero-order valence-electron chi connectivity index (χ0n) is 21.8. The van der Waals surface area contributed by atoms with Crippen molar-refractivity contribution >= 4 is 21.8 Å². The zero-order chi connectivity index (χ0) is 26.1. The van der Waals surface area contributed by atoms with Crippen molar-refractivity contribution in [2.45, 2.75) is 82.9 Å². The van der Waals surface area contributed by atoms with E-state index in [1.54, 1.807) is 0 Å². The van der Waals surface area contributed by atoms with Gasteiger partial charge in [-0.1, -0.05) is 61.2 Å². The molecule has 1 aliphatic carbocycles. The third-order valence-electron chi connectivity index (χ3n) is 7.80. The highest BCUT2D eigenvalue weighted by molar-refractivity contribution is 7.89. The zero-order valence-corrected chi connectivity index (χ0v) is 22.6. The normalized spacial score (nSPS) is 23.7. The van der Waals surface area contributed by atoms with Crippen molar-refractivity contribution in [1.29, 1.82) is 0 Å². The molecule has 2 aliphatic heterocycles. The topological polar surface area (TPSA) is 115 Å². The summed E-state index contributed by atoms with van der Waals surface area (Å²) in [7, 11) is -3.46. The van der Waals surface area contributed by atoms with Crippen LogP contribution in [0.15, 0.2) is 35.5 Å². The summed E-state index contributed by atoms with van der Waals surface area (Å²) in [5.74, 6) is -0.217. The molecular formula is C27H42N4O5S. The SMILES string of the molecule is N/C(=N\OC(=O)COC1CCN(Cc2ccccc2)CC1)[C@@H]1CCCCN1S(=O)(=O)CC1CCCCC1. The van der Waals surface area contributed by atoms with Gasteiger partial charge in [0.15, 0.2) is 5.84 Å². The number of hydrogen-bond donors (Lipinski definition) is 1. The van der Waals surface area contributed by atoms with E-state index in [1.165, 1.54) is 16.3 Å². The molecule has 0 amide bonds. The molecular weight excluding hydrogens is 492 g/mol. The number of amidine groups is 1. The van der Waals surface area contributed by atoms with Gasteiger partial charge in [0.05, 0.1) is 17.9 Å². The summed E-state index contributed by atoms with van der Waals surface area (Å²) in [5.41, 5.74) is 7.45. The monoisotopic (exact) mass is 534 g/mol. The van der Waals surface area contributed by atoms with Crippen LogP contribution in [-0.4, -0.2) is 73.6 Å². The van der Waals surface area contributed by atoms with Crippen LogP contribution in [-0.2, 0) is 30.9 Å².